The summed E-state index contributed by atoms with van der Waals surface area (Å²) in [5.41, 5.74) is 3.16. The summed E-state index contributed by atoms with van der Waals surface area (Å²) in [4.78, 5) is 28.8. The summed E-state index contributed by atoms with van der Waals surface area (Å²) in [6.07, 6.45) is 1.31. The number of halogens is 1. The van der Waals surface area contributed by atoms with Gasteiger partial charge in [-0.15, -0.1) is 0 Å². The van der Waals surface area contributed by atoms with E-state index in [-0.39, 0.29) is 11.8 Å². The molecule has 0 spiro atoms. The molecule has 0 fully saturated rings. The number of hydrogen-bond donors (Lipinski definition) is 1. The SMILES string of the molecule is Cc1ccc(OCCCC(=O)N(Cc2ccc(Br)cc2)[C@H](Cc2ccccc2)C(=O)NCC(C)C)cc1. The Hall–Kier alpha value is -3.12. The molecule has 0 aromatic heterocycles. The van der Waals surface area contributed by atoms with Crippen molar-refractivity contribution in [3.8, 4) is 5.75 Å². The van der Waals surface area contributed by atoms with E-state index in [0.29, 0.717) is 44.9 Å². The highest BCUT2D eigenvalue weighted by Gasteiger charge is 2.30. The number of hydrogen-bond acceptors (Lipinski definition) is 3. The molecule has 2 amide bonds. The van der Waals surface area contributed by atoms with E-state index in [4.69, 9.17) is 4.74 Å². The lowest BCUT2D eigenvalue weighted by Gasteiger charge is -2.32. The zero-order valence-corrected chi connectivity index (χ0v) is 23.5. The third-order valence-electron chi connectivity index (χ3n) is 6.05. The number of rotatable bonds is 13. The fraction of sp³-hybridized carbons (Fsp3) is 0.355. The molecule has 0 aliphatic heterocycles. The average molecular weight is 566 g/mol. The van der Waals surface area contributed by atoms with E-state index < -0.39 is 6.04 Å². The lowest BCUT2D eigenvalue weighted by atomic mass is 10.0. The zero-order valence-electron chi connectivity index (χ0n) is 22.0. The van der Waals surface area contributed by atoms with E-state index in [1.807, 2.05) is 85.8 Å². The molecule has 6 heteroatoms. The molecule has 3 aromatic carbocycles. The molecule has 5 nitrogen and oxygen atoms in total. The van der Waals surface area contributed by atoms with Crippen LogP contribution in [0, 0.1) is 12.8 Å². The molecular formula is C31H37BrN2O3. The minimum Gasteiger partial charge on any atom is -0.494 e. The molecule has 0 radical (unpaired) electrons. The van der Waals surface area contributed by atoms with Gasteiger partial charge >= 0.3 is 0 Å². The van der Waals surface area contributed by atoms with Crippen molar-refractivity contribution in [3.63, 3.8) is 0 Å². The predicted octanol–water partition coefficient (Wildman–Crippen LogP) is 6.33. The summed E-state index contributed by atoms with van der Waals surface area (Å²) in [6, 6.07) is 25.0. The second kappa shape index (κ2) is 14.6. The Morgan fingerprint density at radius 2 is 1.59 bits per heavy atom. The highest BCUT2D eigenvalue weighted by Crippen LogP contribution is 2.19. The Bertz CT molecular complexity index is 1120. The molecule has 1 N–H and O–H groups in total. The third-order valence-corrected chi connectivity index (χ3v) is 6.58. The first kappa shape index (κ1) is 28.5. The van der Waals surface area contributed by atoms with Crippen LogP contribution in [0.25, 0.3) is 0 Å². The molecule has 3 aromatic rings. The molecule has 196 valence electrons. The van der Waals surface area contributed by atoms with Crippen LogP contribution in [0.5, 0.6) is 5.75 Å². The molecule has 0 saturated heterocycles. The van der Waals surface area contributed by atoms with Gasteiger partial charge in [-0.25, -0.2) is 0 Å². The smallest absolute Gasteiger partial charge is 0.243 e. The monoisotopic (exact) mass is 564 g/mol. The van der Waals surface area contributed by atoms with E-state index in [0.717, 1.165) is 21.3 Å². The molecule has 1 atom stereocenters. The van der Waals surface area contributed by atoms with Gasteiger partial charge < -0.3 is 15.0 Å². The van der Waals surface area contributed by atoms with E-state index in [1.165, 1.54) is 5.56 Å². The minimum atomic E-state index is -0.615. The van der Waals surface area contributed by atoms with Crippen molar-refractivity contribution in [2.75, 3.05) is 13.2 Å². The summed E-state index contributed by atoms with van der Waals surface area (Å²) < 4.78 is 6.81. The molecule has 37 heavy (non-hydrogen) atoms. The van der Waals surface area contributed by atoms with Crippen LogP contribution in [0.1, 0.15) is 43.4 Å². The molecule has 0 heterocycles. The summed E-state index contributed by atoms with van der Waals surface area (Å²) in [6.45, 7) is 7.51. The maximum atomic E-state index is 13.6. The Labute approximate surface area is 229 Å². The Balaban J connectivity index is 1.77. The second-order valence-electron chi connectivity index (χ2n) is 9.76. The number of nitrogens with one attached hydrogen (secondary N) is 1. The largest absolute Gasteiger partial charge is 0.494 e. The van der Waals surface area contributed by atoms with Gasteiger partial charge in [-0.05, 0) is 54.7 Å². The Morgan fingerprint density at radius 3 is 2.24 bits per heavy atom. The first-order valence-electron chi connectivity index (χ1n) is 12.9. The minimum absolute atomic E-state index is 0.0592. The van der Waals surface area contributed by atoms with Gasteiger partial charge in [-0.3, -0.25) is 9.59 Å². The fourth-order valence-electron chi connectivity index (χ4n) is 3.95. The number of amides is 2. The van der Waals surface area contributed by atoms with Crippen molar-refractivity contribution in [1.29, 1.82) is 0 Å². The van der Waals surface area contributed by atoms with E-state index in [9.17, 15) is 9.59 Å². The maximum Gasteiger partial charge on any atom is 0.243 e. The first-order chi connectivity index (χ1) is 17.8. The summed E-state index contributed by atoms with van der Waals surface area (Å²) in [7, 11) is 0. The normalized spacial score (nSPS) is 11.7. The lowest BCUT2D eigenvalue weighted by Crippen LogP contribution is -2.51. The highest BCUT2D eigenvalue weighted by molar-refractivity contribution is 9.10. The number of aryl methyl sites for hydroxylation is 1. The quantitative estimate of drug-likeness (QED) is 0.247. The van der Waals surface area contributed by atoms with Crippen molar-refractivity contribution >= 4 is 27.7 Å². The van der Waals surface area contributed by atoms with E-state index in [2.05, 4.69) is 35.1 Å². The van der Waals surface area contributed by atoms with Crippen LogP contribution >= 0.6 is 15.9 Å². The van der Waals surface area contributed by atoms with Crippen molar-refractivity contribution in [2.24, 2.45) is 5.92 Å². The average Bonchev–Trinajstić information content (AvgIpc) is 2.89. The van der Waals surface area contributed by atoms with Crippen molar-refractivity contribution in [3.05, 3.63) is 100 Å². The van der Waals surface area contributed by atoms with Crippen LogP contribution in [0.15, 0.2) is 83.3 Å². The van der Waals surface area contributed by atoms with Gasteiger partial charge in [0.1, 0.15) is 11.8 Å². The van der Waals surface area contributed by atoms with Crippen LogP contribution in [0.4, 0.5) is 0 Å². The van der Waals surface area contributed by atoms with E-state index in [1.54, 1.807) is 4.90 Å². The van der Waals surface area contributed by atoms with Crippen LogP contribution in [0.3, 0.4) is 0 Å². The molecule has 3 rings (SSSR count). The molecule has 0 bridgehead atoms. The summed E-state index contributed by atoms with van der Waals surface area (Å²) in [5, 5.41) is 3.06. The zero-order chi connectivity index (χ0) is 26.6. The van der Waals surface area contributed by atoms with Gasteiger partial charge in [0.2, 0.25) is 11.8 Å². The number of nitrogens with zero attached hydrogens (tertiary/aromatic N) is 1. The topological polar surface area (TPSA) is 58.6 Å². The van der Waals surface area contributed by atoms with Crippen LogP contribution < -0.4 is 10.1 Å². The standard InChI is InChI=1S/C31H37BrN2O3/c1-23(2)21-33-31(36)29(20-25-8-5-4-6-9-25)34(22-26-13-15-27(32)16-14-26)30(35)10-7-19-37-28-17-11-24(3)12-18-28/h4-6,8-9,11-18,23,29H,7,10,19-22H2,1-3H3,(H,33,36)/t29-/m1/s1. The van der Waals surface area contributed by atoms with E-state index >= 15 is 0 Å². The number of carbonyl (C=O) groups is 2. The van der Waals surface area contributed by atoms with Crippen LogP contribution in [0.2, 0.25) is 0 Å². The van der Waals surface area contributed by atoms with Gasteiger partial charge in [-0.2, -0.15) is 0 Å². The third kappa shape index (κ3) is 9.69. The molecule has 0 unspecified atom stereocenters. The van der Waals surface area contributed by atoms with Crippen molar-refractivity contribution < 1.29 is 14.3 Å². The predicted molar refractivity (Wildman–Crippen MR) is 152 cm³/mol. The first-order valence-corrected chi connectivity index (χ1v) is 13.7. The van der Waals surface area contributed by atoms with Crippen LogP contribution in [-0.2, 0) is 22.6 Å². The Kier molecular flexibility index (Phi) is 11.2. The fourth-order valence-corrected chi connectivity index (χ4v) is 4.22. The van der Waals surface area contributed by atoms with Gasteiger partial charge in [0.05, 0.1) is 6.61 Å². The van der Waals surface area contributed by atoms with Gasteiger partial charge in [0, 0.05) is 30.4 Å². The van der Waals surface area contributed by atoms with Crippen LogP contribution in [-0.4, -0.2) is 35.9 Å². The Morgan fingerprint density at radius 1 is 0.919 bits per heavy atom. The molecule has 0 saturated carbocycles. The molecular weight excluding hydrogens is 528 g/mol. The van der Waals surface area contributed by atoms with Crippen molar-refractivity contribution in [2.45, 2.75) is 52.6 Å². The highest BCUT2D eigenvalue weighted by atomic mass is 79.9. The maximum absolute atomic E-state index is 13.6. The summed E-state index contributed by atoms with van der Waals surface area (Å²) >= 11 is 3.48. The van der Waals surface area contributed by atoms with Gasteiger partial charge in [0.25, 0.3) is 0 Å². The number of benzene rings is 3. The molecule has 0 aliphatic rings. The number of ether oxygens (including phenoxy) is 1. The number of carbonyl (C=O) groups excluding carboxylic acids is 2. The van der Waals surface area contributed by atoms with Crippen molar-refractivity contribution in [1.82, 2.24) is 10.2 Å². The lowest BCUT2D eigenvalue weighted by molar-refractivity contribution is -0.141. The van der Waals surface area contributed by atoms with Gasteiger partial charge in [-0.1, -0.05) is 89.9 Å². The second-order valence-corrected chi connectivity index (χ2v) is 10.7. The van der Waals surface area contributed by atoms with Gasteiger partial charge in [0.15, 0.2) is 0 Å². The summed E-state index contributed by atoms with van der Waals surface area (Å²) in [5.74, 6) is 0.922. The molecule has 0 aliphatic carbocycles.